The van der Waals surface area contributed by atoms with Crippen LogP contribution in [0.25, 0.3) is 0 Å². The van der Waals surface area contributed by atoms with Crippen LogP contribution in [0.3, 0.4) is 0 Å². The SMILES string of the molecule is CC(C)(F)CC(C)(C)C=O. The van der Waals surface area contributed by atoms with Gasteiger partial charge in [-0.05, 0) is 20.3 Å². The molecule has 0 unspecified atom stereocenters. The van der Waals surface area contributed by atoms with Crippen molar-refractivity contribution in [3.8, 4) is 0 Å². The molecule has 60 valence electrons. The molecule has 10 heavy (non-hydrogen) atoms. The first-order valence-corrected chi connectivity index (χ1v) is 3.42. The maximum atomic E-state index is 12.9. The largest absolute Gasteiger partial charge is 0.303 e. The third-order valence-corrected chi connectivity index (χ3v) is 1.20. The quantitative estimate of drug-likeness (QED) is 0.558. The Balaban J connectivity index is 4.01. The Labute approximate surface area is 61.6 Å². The van der Waals surface area contributed by atoms with Gasteiger partial charge >= 0.3 is 0 Å². The molecule has 0 saturated heterocycles. The number of halogens is 1. The molecule has 0 aliphatic carbocycles. The minimum atomic E-state index is -1.25. The molecule has 0 saturated carbocycles. The average molecular weight is 146 g/mol. The van der Waals surface area contributed by atoms with Crippen LogP contribution < -0.4 is 0 Å². The van der Waals surface area contributed by atoms with Crippen LogP contribution in [0.2, 0.25) is 0 Å². The van der Waals surface area contributed by atoms with Gasteiger partial charge in [0.2, 0.25) is 0 Å². The van der Waals surface area contributed by atoms with Gasteiger partial charge in [0.1, 0.15) is 12.0 Å². The van der Waals surface area contributed by atoms with E-state index in [1.165, 1.54) is 13.8 Å². The van der Waals surface area contributed by atoms with Gasteiger partial charge in [-0.25, -0.2) is 4.39 Å². The average Bonchev–Trinajstić information content (AvgIpc) is 1.60. The second kappa shape index (κ2) is 2.69. The van der Waals surface area contributed by atoms with Crippen LogP contribution in [0, 0.1) is 5.41 Å². The number of carbonyl (C=O) groups excluding carboxylic acids is 1. The van der Waals surface area contributed by atoms with Gasteiger partial charge in [0.05, 0.1) is 0 Å². The number of aldehydes is 1. The third-order valence-electron chi connectivity index (χ3n) is 1.20. The van der Waals surface area contributed by atoms with Crippen molar-refractivity contribution in [2.75, 3.05) is 0 Å². The summed E-state index contributed by atoms with van der Waals surface area (Å²) in [5.74, 6) is 0. The lowest BCUT2D eigenvalue weighted by molar-refractivity contribution is -0.116. The fourth-order valence-electron chi connectivity index (χ4n) is 1.13. The zero-order chi connectivity index (χ0) is 8.41. The van der Waals surface area contributed by atoms with Crippen molar-refractivity contribution in [2.24, 2.45) is 5.41 Å². The molecule has 0 aromatic heterocycles. The van der Waals surface area contributed by atoms with Gasteiger partial charge in [-0.2, -0.15) is 0 Å². The molecule has 0 radical (unpaired) electrons. The standard InChI is InChI=1S/C8H15FO/c1-7(2,6-10)5-8(3,4)9/h6H,5H2,1-4H3. The fourth-order valence-corrected chi connectivity index (χ4v) is 1.13. The first-order valence-electron chi connectivity index (χ1n) is 3.42. The molecule has 0 amide bonds. The summed E-state index contributed by atoms with van der Waals surface area (Å²) >= 11 is 0. The molecule has 0 aliphatic rings. The van der Waals surface area contributed by atoms with Crippen molar-refractivity contribution < 1.29 is 9.18 Å². The van der Waals surface area contributed by atoms with Crippen molar-refractivity contribution >= 4 is 6.29 Å². The maximum Gasteiger partial charge on any atom is 0.125 e. The number of alkyl halides is 1. The first-order chi connectivity index (χ1) is 4.27. The Morgan fingerprint density at radius 2 is 1.70 bits per heavy atom. The van der Waals surface area contributed by atoms with Crippen molar-refractivity contribution in [3.05, 3.63) is 0 Å². The molecule has 0 fully saturated rings. The topological polar surface area (TPSA) is 17.1 Å². The smallest absolute Gasteiger partial charge is 0.125 e. The summed E-state index contributed by atoms with van der Waals surface area (Å²) < 4.78 is 12.9. The number of rotatable bonds is 3. The van der Waals surface area contributed by atoms with E-state index in [2.05, 4.69) is 0 Å². The Bertz CT molecular complexity index is 122. The van der Waals surface area contributed by atoms with Crippen LogP contribution in [0.1, 0.15) is 34.1 Å². The highest BCUT2D eigenvalue weighted by molar-refractivity contribution is 5.57. The second-order valence-electron chi connectivity index (χ2n) is 4.00. The van der Waals surface area contributed by atoms with Gasteiger partial charge in [0.25, 0.3) is 0 Å². The Morgan fingerprint density at radius 1 is 1.30 bits per heavy atom. The van der Waals surface area contributed by atoms with Crippen LogP contribution in [0.4, 0.5) is 4.39 Å². The van der Waals surface area contributed by atoms with Gasteiger partial charge in [0.15, 0.2) is 0 Å². The highest BCUT2D eigenvalue weighted by Crippen LogP contribution is 2.27. The summed E-state index contributed by atoms with van der Waals surface area (Å²) in [6.07, 6.45) is 1.08. The van der Waals surface area contributed by atoms with Crippen LogP contribution in [0.15, 0.2) is 0 Å². The summed E-state index contributed by atoms with van der Waals surface area (Å²) in [6.45, 7) is 6.44. The Kier molecular flexibility index (Phi) is 2.58. The van der Waals surface area contributed by atoms with Gasteiger partial charge in [0, 0.05) is 5.41 Å². The van der Waals surface area contributed by atoms with Crippen LogP contribution in [-0.4, -0.2) is 12.0 Å². The van der Waals surface area contributed by atoms with Gasteiger partial charge in [-0.3, -0.25) is 0 Å². The second-order valence-corrected chi connectivity index (χ2v) is 4.00. The van der Waals surface area contributed by atoms with Crippen LogP contribution in [0.5, 0.6) is 0 Å². The number of hydrogen-bond acceptors (Lipinski definition) is 1. The van der Waals surface area contributed by atoms with Gasteiger partial charge in [-0.1, -0.05) is 13.8 Å². The van der Waals surface area contributed by atoms with Crippen molar-refractivity contribution in [1.29, 1.82) is 0 Å². The van der Waals surface area contributed by atoms with E-state index in [0.717, 1.165) is 6.29 Å². The minimum Gasteiger partial charge on any atom is -0.303 e. The van der Waals surface area contributed by atoms with E-state index in [4.69, 9.17) is 0 Å². The lowest BCUT2D eigenvalue weighted by atomic mass is 9.84. The fraction of sp³-hybridized carbons (Fsp3) is 0.875. The molecule has 1 nitrogen and oxygen atoms in total. The van der Waals surface area contributed by atoms with Gasteiger partial charge in [-0.15, -0.1) is 0 Å². The zero-order valence-electron chi connectivity index (χ0n) is 7.07. The molecular formula is C8H15FO. The van der Waals surface area contributed by atoms with E-state index < -0.39 is 11.1 Å². The Morgan fingerprint density at radius 3 is 1.80 bits per heavy atom. The monoisotopic (exact) mass is 146 g/mol. The van der Waals surface area contributed by atoms with E-state index in [-0.39, 0.29) is 6.42 Å². The number of hydrogen-bond donors (Lipinski definition) is 0. The summed E-state index contributed by atoms with van der Waals surface area (Å²) in [7, 11) is 0. The van der Waals surface area contributed by atoms with E-state index in [1.807, 2.05) is 0 Å². The molecule has 0 N–H and O–H groups in total. The maximum absolute atomic E-state index is 12.9. The molecule has 2 heteroatoms. The van der Waals surface area contributed by atoms with Gasteiger partial charge < -0.3 is 4.79 Å². The summed E-state index contributed by atoms with van der Waals surface area (Å²) in [6, 6.07) is 0. The molecule has 0 aromatic rings. The normalized spacial score (nSPS) is 13.3. The van der Waals surface area contributed by atoms with E-state index in [9.17, 15) is 9.18 Å². The van der Waals surface area contributed by atoms with E-state index >= 15 is 0 Å². The molecule has 0 aromatic carbocycles. The molecule has 0 atom stereocenters. The lowest BCUT2D eigenvalue weighted by Crippen LogP contribution is -2.25. The summed E-state index contributed by atoms with van der Waals surface area (Å²) in [4.78, 5) is 10.3. The predicted molar refractivity (Wildman–Crippen MR) is 39.6 cm³/mol. The molecule has 0 spiro atoms. The molecular weight excluding hydrogens is 131 g/mol. The van der Waals surface area contributed by atoms with E-state index in [1.54, 1.807) is 13.8 Å². The lowest BCUT2D eigenvalue weighted by Gasteiger charge is -2.23. The minimum absolute atomic E-state index is 0.281. The van der Waals surface area contributed by atoms with E-state index in [0.29, 0.717) is 0 Å². The van der Waals surface area contributed by atoms with Crippen molar-refractivity contribution in [2.45, 2.75) is 39.8 Å². The first kappa shape index (κ1) is 9.60. The zero-order valence-corrected chi connectivity index (χ0v) is 7.07. The molecule has 0 bridgehead atoms. The van der Waals surface area contributed by atoms with Crippen LogP contribution >= 0.6 is 0 Å². The predicted octanol–water partition coefficient (Wildman–Crippen LogP) is 2.35. The summed E-state index contributed by atoms with van der Waals surface area (Å²) in [5.41, 5.74) is -1.78. The van der Waals surface area contributed by atoms with Crippen LogP contribution in [-0.2, 0) is 4.79 Å². The number of carbonyl (C=O) groups is 1. The molecule has 0 rings (SSSR count). The van der Waals surface area contributed by atoms with Crippen molar-refractivity contribution in [3.63, 3.8) is 0 Å². The Hall–Kier alpha value is -0.400. The molecule has 0 heterocycles. The van der Waals surface area contributed by atoms with Crippen molar-refractivity contribution in [1.82, 2.24) is 0 Å². The highest BCUT2D eigenvalue weighted by atomic mass is 19.1. The molecule has 0 aliphatic heterocycles. The highest BCUT2D eigenvalue weighted by Gasteiger charge is 2.27. The summed E-state index contributed by atoms with van der Waals surface area (Å²) in [5, 5.41) is 0. The third kappa shape index (κ3) is 4.48.